The van der Waals surface area contributed by atoms with Gasteiger partial charge in [0.2, 0.25) is 0 Å². The van der Waals surface area contributed by atoms with Crippen molar-refractivity contribution in [2.75, 3.05) is 13.1 Å². The van der Waals surface area contributed by atoms with Crippen molar-refractivity contribution in [3.63, 3.8) is 0 Å². The van der Waals surface area contributed by atoms with E-state index in [0.717, 1.165) is 50.5 Å². The molecule has 1 atom stereocenters. The van der Waals surface area contributed by atoms with Crippen molar-refractivity contribution >= 4 is 10.9 Å². The number of aromatic amines is 1. The van der Waals surface area contributed by atoms with Crippen LogP contribution in [-0.2, 0) is 25.8 Å². The van der Waals surface area contributed by atoms with Gasteiger partial charge < -0.3 is 9.55 Å². The summed E-state index contributed by atoms with van der Waals surface area (Å²) in [5, 5.41) is 10.4. The lowest BCUT2D eigenvalue weighted by molar-refractivity contribution is 0.203. The van der Waals surface area contributed by atoms with Gasteiger partial charge in [0, 0.05) is 55.6 Å². The van der Waals surface area contributed by atoms with E-state index in [-0.39, 0.29) is 0 Å². The van der Waals surface area contributed by atoms with Crippen molar-refractivity contribution in [2.45, 2.75) is 45.2 Å². The fourth-order valence-corrected chi connectivity index (χ4v) is 4.63. The normalized spacial score (nSPS) is 15.8. The lowest BCUT2D eigenvalue weighted by Gasteiger charge is -2.27. The first-order valence-electron chi connectivity index (χ1n) is 11.0. The van der Waals surface area contributed by atoms with Crippen LogP contribution in [0.1, 0.15) is 36.1 Å². The van der Waals surface area contributed by atoms with Gasteiger partial charge in [-0.1, -0.05) is 48.5 Å². The minimum absolute atomic E-state index is 0.550. The van der Waals surface area contributed by atoms with Gasteiger partial charge in [-0.2, -0.15) is 0 Å². The molecule has 154 valence electrons. The van der Waals surface area contributed by atoms with Crippen LogP contribution in [0, 0.1) is 0 Å². The zero-order chi connectivity index (χ0) is 20.3. The molecule has 0 fully saturated rings. The topological polar surface area (TPSA) is 49.7 Å². The second kappa shape index (κ2) is 8.44. The summed E-state index contributed by atoms with van der Waals surface area (Å²) in [4.78, 5) is 6.02. The lowest BCUT2D eigenvalue weighted by Crippen LogP contribution is -2.36. The molecule has 0 aliphatic carbocycles. The molecule has 3 heterocycles. The van der Waals surface area contributed by atoms with Gasteiger partial charge in [0.15, 0.2) is 0 Å². The molecule has 0 amide bonds. The zero-order valence-electron chi connectivity index (χ0n) is 17.6. The molecular weight excluding hydrogens is 370 g/mol. The average Bonchev–Trinajstić information content (AvgIpc) is 3.30. The maximum Gasteiger partial charge on any atom is 0.137 e. The maximum absolute atomic E-state index is 4.51. The molecule has 2 aromatic carbocycles. The lowest BCUT2D eigenvalue weighted by atomic mass is 10.0. The monoisotopic (exact) mass is 399 g/mol. The van der Waals surface area contributed by atoms with Crippen LogP contribution in [0.15, 0.2) is 60.8 Å². The van der Waals surface area contributed by atoms with Gasteiger partial charge >= 0.3 is 0 Å². The van der Waals surface area contributed by atoms with Crippen LogP contribution in [0.5, 0.6) is 0 Å². The number of aromatic nitrogens is 4. The number of benzene rings is 2. The summed E-state index contributed by atoms with van der Waals surface area (Å²) in [5.41, 5.74) is 3.95. The molecule has 5 rings (SSSR count). The molecule has 0 spiro atoms. The number of aryl methyl sites for hydroxylation is 1. The molecule has 1 N–H and O–H groups in total. The molecule has 2 aromatic heterocycles. The summed E-state index contributed by atoms with van der Waals surface area (Å²) in [6.07, 6.45) is 6.27. The largest absolute Gasteiger partial charge is 0.361 e. The molecule has 0 saturated carbocycles. The molecule has 0 bridgehead atoms. The van der Waals surface area contributed by atoms with E-state index in [2.05, 4.69) is 92.4 Å². The molecular formula is C25H29N5. The first kappa shape index (κ1) is 19.1. The van der Waals surface area contributed by atoms with E-state index in [9.17, 15) is 0 Å². The van der Waals surface area contributed by atoms with Gasteiger partial charge in [-0.15, -0.1) is 10.2 Å². The highest BCUT2D eigenvalue weighted by molar-refractivity contribution is 5.83. The summed E-state index contributed by atoms with van der Waals surface area (Å²) < 4.78 is 2.35. The van der Waals surface area contributed by atoms with E-state index in [4.69, 9.17) is 0 Å². The highest BCUT2D eigenvalue weighted by atomic mass is 15.3. The van der Waals surface area contributed by atoms with Crippen molar-refractivity contribution in [1.29, 1.82) is 0 Å². The SMILES string of the molecule is C[C@@H](CCc1c[nH]c2ccccc12)N1CCc2nnc(Cc3ccccc3)n2CC1. The predicted octanol–water partition coefficient (Wildman–Crippen LogP) is 4.23. The van der Waals surface area contributed by atoms with Gasteiger partial charge in [0.05, 0.1) is 0 Å². The van der Waals surface area contributed by atoms with Crippen LogP contribution >= 0.6 is 0 Å². The Balaban J connectivity index is 1.22. The predicted molar refractivity (Wildman–Crippen MR) is 121 cm³/mol. The first-order chi connectivity index (χ1) is 14.8. The van der Waals surface area contributed by atoms with Crippen LogP contribution in [0.25, 0.3) is 10.9 Å². The number of fused-ring (bicyclic) bond motifs is 2. The van der Waals surface area contributed by atoms with Crippen LogP contribution in [0.3, 0.4) is 0 Å². The molecule has 4 aromatic rings. The minimum Gasteiger partial charge on any atom is -0.361 e. The van der Waals surface area contributed by atoms with E-state index < -0.39 is 0 Å². The fourth-order valence-electron chi connectivity index (χ4n) is 4.63. The van der Waals surface area contributed by atoms with Gasteiger partial charge in [0.1, 0.15) is 11.6 Å². The zero-order valence-corrected chi connectivity index (χ0v) is 17.6. The van der Waals surface area contributed by atoms with Gasteiger partial charge in [0.25, 0.3) is 0 Å². The molecule has 0 radical (unpaired) electrons. The number of para-hydroxylation sites is 1. The van der Waals surface area contributed by atoms with E-state index in [0.29, 0.717) is 6.04 Å². The Kier molecular flexibility index (Phi) is 5.37. The highest BCUT2D eigenvalue weighted by Gasteiger charge is 2.22. The quantitative estimate of drug-likeness (QED) is 0.528. The van der Waals surface area contributed by atoms with E-state index in [1.54, 1.807) is 0 Å². The summed E-state index contributed by atoms with van der Waals surface area (Å²) in [5.74, 6) is 2.22. The standard InChI is InChI=1S/C25H29N5/c1-19(11-12-21-18-26-23-10-6-5-9-22(21)23)29-14-13-24-27-28-25(30(24)16-15-29)17-20-7-3-2-4-8-20/h2-10,18-19,26H,11-17H2,1H3/t19-/m0/s1. The Hall–Kier alpha value is -2.92. The van der Waals surface area contributed by atoms with Gasteiger partial charge in [-0.05, 0) is 37.0 Å². The Labute approximate surface area is 177 Å². The Morgan fingerprint density at radius 1 is 0.967 bits per heavy atom. The smallest absolute Gasteiger partial charge is 0.137 e. The maximum atomic E-state index is 4.51. The van der Waals surface area contributed by atoms with Crippen LogP contribution in [0.4, 0.5) is 0 Å². The number of H-pyrrole nitrogens is 1. The van der Waals surface area contributed by atoms with Crippen molar-refractivity contribution in [3.8, 4) is 0 Å². The highest BCUT2D eigenvalue weighted by Crippen LogP contribution is 2.21. The number of nitrogens with zero attached hydrogens (tertiary/aromatic N) is 4. The number of rotatable bonds is 6. The number of nitrogens with one attached hydrogen (secondary N) is 1. The number of hydrogen-bond acceptors (Lipinski definition) is 3. The van der Waals surface area contributed by atoms with Gasteiger partial charge in [-0.25, -0.2) is 0 Å². The first-order valence-corrected chi connectivity index (χ1v) is 11.0. The Morgan fingerprint density at radius 3 is 2.70 bits per heavy atom. The molecule has 5 nitrogen and oxygen atoms in total. The number of hydrogen-bond donors (Lipinski definition) is 1. The summed E-state index contributed by atoms with van der Waals surface area (Å²) in [6.45, 7) is 5.45. The third-order valence-corrected chi connectivity index (χ3v) is 6.47. The van der Waals surface area contributed by atoms with E-state index >= 15 is 0 Å². The van der Waals surface area contributed by atoms with Crippen molar-refractivity contribution in [2.24, 2.45) is 0 Å². The van der Waals surface area contributed by atoms with Gasteiger partial charge in [-0.3, -0.25) is 4.90 Å². The van der Waals surface area contributed by atoms with Crippen LogP contribution in [0.2, 0.25) is 0 Å². The third-order valence-electron chi connectivity index (χ3n) is 6.47. The second-order valence-corrected chi connectivity index (χ2v) is 8.38. The Bertz CT molecular complexity index is 1110. The van der Waals surface area contributed by atoms with E-state index in [1.165, 1.54) is 28.5 Å². The minimum atomic E-state index is 0.550. The second-order valence-electron chi connectivity index (χ2n) is 8.38. The molecule has 5 heteroatoms. The van der Waals surface area contributed by atoms with Crippen molar-refractivity contribution < 1.29 is 0 Å². The average molecular weight is 400 g/mol. The van der Waals surface area contributed by atoms with Crippen molar-refractivity contribution in [3.05, 3.63) is 83.6 Å². The molecule has 0 unspecified atom stereocenters. The summed E-state index contributed by atoms with van der Waals surface area (Å²) >= 11 is 0. The fraction of sp³-hybridized carbons (Fsp3) is 0.360. The molecule has 1 aliphatic heterocycles. The summed E-state index contributed by atoms with van der Waals surface area (Å²) in [6, 6.07) is 19.7. The van der Waals surface area contributed by atoms with Crippen LogP contribution < -0.4 is 0 Å². The Morgan fingerprint density at radius 2 is 1.80 bits per heavy atom. The molecule has 30 heavy (non-hydrogen) atoms. The third kappa shape index (κ3) is 3.90. The van der Waals surface area contributed by atoms with Crippen molar-refractivity contribution in [1.82, 2.24) is 24.6 Å². The molecule has 1 aliphatic rings. The van der Waals surface area contributed by atoms with E-state index in [1.807, 2.05) is 0 Å². The molecule has 0 saturated heterocycles. The summed E-state index contributed by atoms with van der Waals surface area (Å²) in [7, 11) is 0. The van der Waals surface area contributed by atoms with Crippen LogP contribution in [-0.4, -0.2) is 43.8 Å².